The number of sulfonamides is 1. The van der Waals surface area contributed by atoms with Crippen LogP contribution in [0.25, 0.3) is 11.1 Å². The highest BCUT2D eigenvalue weighted by molar-refractivity contribution is 7.92. The van der Waals surface area contributed by atoms with E-state index in [-0.39, 0.29) is 11.3 Å². The van der Waals surface area contributed by atoms with Gasteiger partial charge in [-0.2, -0.15) is 0 Å². The van der Waals surface area contributed by atoms with Crippen LogP contribution in [-0.2, 0) is 27.7 Å². The number of nitrogens with one attached hydrogen (secondary N) is 1. The zero-order valence-electron chi connectivity index (χ0n) is 15.1. The Balaban J connectivity index is 1.55. The number of hydrogen-bond donors (Lipinski definition) is 2. The van der Waals surface area contributed by atoms with Gasteiger partial charge in [-0.25, -0.2) is 8.42 Å². The fraction of sp³-hybridized carbons (Fsp3) is 0.136. The summed E-state index contributed by atoms with van der Waals surface area (Å²) in [7, 11) is -3.72. The molecule has 3 aromatic rings. The molecule has 0 bridgehead atoms. The van der Waals surface area contributed by atoms with Crippen molar-refractivity contribution in [2.45, 2.75) is 24.2 Å². The Hall–Kier alpha value is -3.12. The van der Waals surface area contributed by atoms with Gasteiger partial charge >= 0.3 is 5.97 Å². The van der Waals surface area contributed by atoms with Gasteiger partial charge in [0, 0.05) is 12.1 Å². The van der Waals surface area contributed by atoms with Gasteiger partial charge < -0.3 is 5.11 Å². The Labute approximate surface area is 163 Å². The highest BCUT2D eigenvalue weighted by Gasteiger charge is 2.20. The average molecular weight is 393 g/mol. The summed E-state index contributed by atoms with van der Waals surface area (Å²) in [5, 5.41) is 8.74. The molecule has 0 unspecified atom stereocenters. The highest BCUT2D eigenvalue weighted by Crippen LogP contribution is 2.38. The fourth-order valence-corrected chi connectivity index (χ4v) is 4.54. The number of hydrogen-bond acceptors (Lipinski definition) is 3. The minimum Gasteiger partial charge on any atom is -0.481 e. The highest BCUT2D eigenvalue weighted by atomic mass is 32.2. The molecule has 28 heavy (non-hydrogen) atoms. The number of carboxylic acid groups (broad SMARTS) is 1. The zero-order valence-corrected chi connectivity index (χ0v) is 15.9. The van der Waals surface area contributed by atoms with Crippen LogP contribution in [0.2, 0.25) is 0 Å². The van der Waals surface area contributed by atoms with Crippen LogP contribution in [-0.4, -0.2) is 19.5 Å². The summed E-state index contributed by atoms with van der Waals surface area (Å²) < 4.78 is 28.1. The van der Waals surface area contributed by atoms with Gasteiger partial charge in [0.15, 0.2) is 0 Å². The Morgan fingerprint density at radius 3 is 2.39 bits per heavy atom. The third-order valence-corrected chi connectivity index (χ3v) is 6.31. The molecule has 0 atom stereocenters. The van der Waals surface area contributed by atoms with Crippen molar-refractivity contribution >= 4 is 21.7 Å². The lowest BCUT2D eigenvalue weighted by molar-refractivity contribution is -0.136. The monoisotopic (exact) mass is 393 g/mol. The lowest BCUT2D eigenvalue weighted by atomic mass is 10.1. The Kier molecular flexibility index (Phi) is 4.65. The summed E-state index contributed by atoms with van der Waals surface area (Å²) in [6.45, 7) is 0. The van der Waals surface area contributed by atoms with Gasteiger partial charge in [-0.3, -0.25) is 9.52 Å². The lowest BCUT2D eigenvalue weighted by Gasteiger charge is -2.10. The molecular weight excluding hydrogens is 374 g/mol. The van der Waals surface area contributed by atoms with Crippen LogP contribution < -0.4 is 4.72 Å². The molecular formula is C22H19NO4S. The third kappa shape index (κ3) is 3.64. The van der Waals surface area contributed by atoms with Crippen molar-refractivity contribution in [2.75, 3.05) is 4.72 Å². The molecule has 0 spiro atoms. The van der Waals surface area contributed by atoms with E-state index in [1.165, 1.54) is 23.3 Å². The van der Waals surface area contributed by atoms with E-state index in [0.29, 0.717) is 12.1 Å². The lowest BCUT2D eigenvalue weighted by Crippen LogP contribution is -2.13. The van der Waals surface area contributed by atoms with Gasteiger partial charge in [0.25, 0.3) is 10.0 Å². The first kappa shape index (κ1) is 18.3. The molecule has 2 N–H and O–H groups in total. The van der Waals surface area contributed by atoms with E-state index in [1.807, 2.05) is 24.3 Å². The summed E-state index contributed by atoms with van der Waals surface area (Å²) in [5.41, 5.74) is 5.93. The summed E-state index contributed by atoms with van der Waals surface area (Å²) >= 11 is 0. The molecule has 6 heteroatoms. The van der Waals surface area contributed by atoms with Crippen LogP contribution in [0.4, 0.5) is 5.69 Å². The third-order valence-electron chi connectivity index (χ3n) is 4.91. The predicted octanol–water partition coefficient (Wildman–Crippen LogP) is 4.08. The van der Waals surface area contributed by atoms with Gasteiger partial charge in [-0.05, 0) is 64.9 Å². The van der Waals surface area contributed by atoms with Gasteiger partial charge in [0.05, 0.1) is 4.90 Å². The Bertz CT molecular complexity index is 1150. The molecule has 0 saturated carbocycles. The molecule has 0 saturated heterocycles. The molecule has 1 aliphatic carbocycles. The van der Waals surface area contributed by atoms with Crippen LogP contribution in [0.5, 0.6) is 0 Å². The van der Waals surface area contributed by atoms with Crippen molar-refractivity contribution in [3.63, 3.8) is 0 Å². The maximum absolute atomic E-state index is 12.7. The number of aryl methyl sites for hydroxylation is 1. The maximum Gasteiger partial charge on any atom is 0.303 e. The van der Waals surface area contributed by atoms with Gasteiger partial charge in [-0.15, -0.1) is 0 Å². The van der Waals surface area contributed by atoms with Crippen molar-refractivity contribution in [1.82, 2.24) is 0 Å². The maximum atomic E-state index is 12.7. The summed E-state index contributed by atoms with van der Waals surface area (Å²) in [4.78, 5) is 10.8. The SMILES string of the molecule is O=C(O)CCc1ccc(S(=O)(=O)Nc2ccc3c(c2)-c2ccccc2C3)cc1. The Morgan fingerprint density at radius 2 is 1.64 bits per heavy atom. The minimum absolute atomic E-state index is 0.0148. The quantitative estimate of drug-likeness (QED) is 0.517. The number of anilines is 1. The number of carboxylic acids is 1. The Morgan fingerprint density at radius 1 is 0.929 bits per heavy atom. The average Bonchev–Trinajstić information content (AvgIpc) is 3.04. The van der Waals surface area contributed by atoms with E-state index in [0.717, 1.165) is 23.1 Å². The second-order valence-corrected chi connectivity index (χ2v) is 8.53. The predicted molar refractivity (Wildman–Crippen MR) is 108 cm³/mol. The van der Waals surface area contributed by atoms with Crippen molar-refractivity contribution in [3.8, 4) is 11.1 Å². The molecule has 0 aromatic heterocycles. The molecule has 0 radical (unpaired) electrons. The first-order valence-corrected chi connectivity index (χ1v) is 10.5. The van der Waals surface area contributed by atoms with Crippen LogP contribution in [0.15, 0.2) is 71.6 Å². The van der Waals surface area contributed by atoms with Crippen molar-refractivity contribution in [1.29, 1.82) is 0 Å². The first-order chi connectivity index (χ1) is 13.4. The van der Waals surface area contributed by atoms with Crippen molar-refractivity contribution in [2.24, 2.45) is 0 Å². The van der Waals surface area contributed by atoms with Crippen LogP contribution >= 0.6 is 0 Å². The molecule has 0 aliphatic heterocycles. The number of benzene rings is 3. The molecule has 0 fully saturated rings. The van der Waals surface area contributed by atoms with Gasteiger partial charge in [0.2, 0.25) is 0 Å². The normalized spacial score (nSPS) is 12.3. The van der Waals surface area contributed by atoms with E-state index in [1.54, 1.807) is 18.2 Å². The van der Waals surface area contributed by atoms with Crippen molar-refractivity contribution < 1.29 is 18.3 Å². The summed E-state index contributed by atoms with van der Waals surface area (Å²) in [6, 6.07) is 20.1. The fourth-order valence-electron chi connectivity index (χ4n) is 3.49. The van der Waals surface area contributed by atoms with Gasteiger partial charge in [0.1, 0.15) is 0 Å². The van der Waals surface area contributed by atoms with Crippen molar-refractivity contribution in [3.05, 3.63) is 83.4 Å². The van der Waals surface area contributed by atoms with E-state index >= 15 is 0 Å². The smallest absolute Gasteiger partial charge is 0.303 e. The van der Waals surface area contributed by atoms with Crippen LogP contribution in [0.3, 0.4) is 0 Å². The summed E-state index contributed by atoms with van der Waals surface area (Å²) in [5.74, 6) is -0.878. The first-order valence-electron chi connectivity index (χ1n) is 8.97. The largest absolute Gasteiger partial charge is 0.481 e. The van der Waals surface area contributed by atoms with E-state index < -0.39 is 16.0 Å². The second kappa shape index (κ2) is 7.13. The zero-order chi connectivity index (χ0) is 19.7. The molecule has 0 heterocycles. The second-order valence-electron chi connectivity index (χ2n) is 6.85. The number of rotatable bonds is 6. The molecule has 1 aliphatic rings. The van der Waals surface area contributed by atoms with E-state index in [2.05, 4.69) is 16.9 Å². The molecule has 0 amide bonds. The topological polar surface area (TPSA) is 83.5 Å². The number of fused-ring (bicyclic) bond motifs is 3. The van der Waals surface area contributed by atoms with Gasteiger partial charge in [-0.1, -0.05) is 42.5 Å². The van der Waals surface area contributed by atoms with E-state index in [4.69, 9.17) is 5.11 Å². The molecule has 4 rings (SSSR count). The van der Waals surface area contributed by atoms with Crippen LogP contribution in [0.1, 0.15) is 23.1 Å². The summed E-state index contributed by atoms with van der Waals surface area (Å²) in [6.07, 6.45) is 1.24. The molecule has 3 aromatic carbocycles. The molecule has 5 nitrogen and oxygen atoms in total. The standard InChI is InChI=1S/C22H19NO4S/c24-22(25)12-7-15-5-10-19(11-6-15)28(26,27)23-18-9-8-17-13-16-3-1-2-4-20(16)21(17)14-18/h1-6,8-11,14,23H,7,12-13H2,(H,24,25). The number of aliphatic carboxylic acids is 1. The molecule has 142 valence electrons. The minimum atomic E-state index is -3.72. The van der Waals surface area contributed by atoms with E-state index in [9.17, 15) is 13.2 Å². The number of carbonyl (C=O) groups is 1. The van der Waals surface area contributed by atoms with Crippen LogP contribution in [0, 0.1) is 0 Å².